The highest BCUT2D eigenvalue weighted by Gasteiger charge is 2.40. The van der Waals surface area contributed by atoms with E-state index in [4.69, 9.17) is 0 Å². The van der Waals surface area contributed by atoms with Crippen LogP contribution < -0.4 is 0 Å². The first kappa shape index (κ1) is 10.5. The molecule has 2 heterocycles. The summed E-state index contributed by atoms with van der Waals surface area (Å²) in [5.41, 5.74) is 0. The fourth-order valence-corrected chi connectivity index (χ4v) is 1.91. The number of hydrogen-bond acceptors (Lipinski definition) is 2. The first-order valence-electron chi connectivity index (χ1n) is 5.16. The Hall–Kier alpha value is -0.970. The largest absolute Gasteiger partial charge is 0.348 e. The Labute approximate surface area is 87.5 Å². The number of halogens is 2. The molecule has 1 unspecified atom stereocenters. The molecule has 1 saturated heterocycles. The number of piperidine rings is 1. The summed E-state index contributed by atoms with van der Waals surface area (Å²) in [6, 6.07) is 0. The molecule has 0 bridgehead atoms. The predicted molar refractivity (Wildman–Crippen MR) is 52.6 cm³/mol. The molecule has 1 N–H and O–H groups in total. The second kappa shape index (κ2) is 3.89. The van der Waals surface area contributed by atoms with E-state index in [-0.39, 0.29) is 6.42 Å². The monoisotopic (exact) mass is 215 g/mol. The van der Waals surface area contributed by atoms with Gasteiger partial charge < -0.3 is 4.98 Å². The molecule has 0 radical (unpaired) electrons. The Morgan fingerprint density at radius 1 is 1.67 bits per heavy atom. The summed E-state index contributed by atoms with van der Waals surface area (Å²) in [5.74, 6) is -2.23. The van der Waals surface area contributed by atoms with E-state index >= 15 is 0 Å². The van der Waals surface area contributed by atoms with E-state index in [0.29, 0.717) is 19.6 Å². The fraction of sp³-hybridized carbons (Fsp3) is 0.700. The van der Waals surface area contributed by atoms with E-state index in [0.717, 1.165) is 5.82 Å². The lowest BCUT2D eigenvalue weighted by atomic mass is 9.95. The molecule has 5 heteroatoms. The fourth-order valence-electron chi connectivity index (χ4n) is 1.91. The Balaban J connectivity index is 1.92. The molecular formula is C10H15F2N3. The van der Waals surface area contributed by atoms with Crippen molar-refractivity contribution in [1.29, 1.82) is 0 Å². The van der Waals surface area contributed by atoms with Crippen LogP contribution >= 0.6 is 0 Å². The molecule has 1 atom stereocenters. The summed E-state index contributed by atoms with van der Waals surface area (Å²) in [6.07, 6.45) is 3.38. The first-order chi connectivity index (χ1) is 7.08. The molecule has 0 aromatic carbocycles. The highest BCUT2D eigenvalue weighted by Crippen LogP contribution is 2.33. The van der Waals surface area contributed by atoms with Crippen molar-refractivity contribution in [2.75, 3.05) is 13.1 Å². The number of likely N-dealkylation sites (tertiary alicyclic amines) is 1. The number of rotatable bonds is 2. The van der Waals surface area contributed by atoms with Gasteiger partial charge in [0.1, 0.15) is 5.82 Å². The lowest BCUT2D eigenvalue weighted by molar-refractivity contribution is -0.101. The quantitative estimate of drug-likeness (QED) is 0.817. The zero-order valence-corrected chi connectivity index (χ0v) is 8.71. The minimum atomic E-state index is -2.50. The van der Waals surface area contributed by atoms with Gasteiger partial charge in [-0.2, -0.15) is 0 Å². The summed E-state index contributed by atoms with van der Waals surface area (Å²) in [4.78, 5) is 9.08. The van der Waals surface area contributed by atoms with E-state index in [1.54, 1.807) is 19.3 Å². The molecule has 2 rings (SSSR count). The first-order valence-corrected chi connectivity index (χ1v) is 5.16. The van der Waals surface area contributed by atoms with Crippen LogP contribution in [-0.4, -0.2) is 33.9 Å². The van der Waals surface area contributed by atoms with Crippen molar-refractivity contribution in [3.05, 3.63) is 18.2 Å². The second-order valence-electron chi connectivity index (χ2n) is 4.18. The van der Waals surface area contributed by atoms with Crippen LogP contribution in [0.5, 0.6) is 0 Å². The SMILES string of the molecule is CC1CN(Cc2ncc[nH]2)CCC1(F)F. The number of aromatic amines is 1. The molecular weight excluding hydrogens is 200 g/mol. The third-order valence-electron chi connectivity index (χ3n) is 2.94. The van der Waals surface area contributed by atoms with Crippen LogP contribution in [0.15, 0.2) is 12.4 Å². The maximum absolute atomic E-state index is 13.2. The minimum Gasteiger partial charge on any atom is -0.348 e. The summed E-state index contributed by atoms with van der Waals surface area (Å²) < 4.78 is 26.4. The van der Waals surface area contributed by atoms with Gasteiger partial charge in [-0.1, -0.05) is 6.92 Å². The molecule has 1 aromatic heterocycles. The Morgan fingerprint density at radius 2 is 2.47 bits per heavy atom. The van der Waals surface area contributed by atoms with Gasteiger partial charge in [-0.05, 0) is 0 Å². The van der Waals surface area contributed by atoms with Gasteiger partial charge in [-0.15, -0.1) is 0 Å². The van der Waals surface area contributed by atoms with Crippen molar-refractivity contribution >= 4 is 0 Å². The molecule has 84 valence electrons. The predicted octanol–water partition coefficient (Wildman–Crippen LogP) is 1.89. The highest BCUT2D eigenvalue weighted by molar-refractivity contribution is 4.90. The van der Waals surface area contributed by atoms with E-state index in [9.17, 15) is 8.78 Å². The summed E-state index contributed by atoms with van der Waals surface area (Å²) in [5, 5.41) is 0. The number of H-pyrrole nitrogens is 1. The van der Waals surface area contributed by atoms with Crippen LogP contribution in [0.4, 0.5) is 8.78 Å². The Kier molecular flexibility index (Phi) is 2.73. The van der Waals surface area contributed by atoms with E-state index in [1.165, 1.54) is 0 Å². The van der Waals surface area contributed by atoms with Gasteiger partial charge in [0.25, 0.3) is 5.92 Å². The van der Waals surface area contributed by atoms with Crippen LogP contribution in [0.25, 0.3) is 0 Å². The standard InChI is InChI=1S/C10H15F2N3/c1-8-6-15(5-2-10(8,11)12)7-9-13-3-4-14-9/h3-4,8H,2,5-7H2,1H3,(H,13,14). The van der Waals surface area contributed by atoms with Gasteiger partial charge in [0, 0.05) is 37.8 Å². The summed E-state index contributed by atoms with van der Waals surface area (Å²) in [7, 11) is 0. The third kappa shape index (κ3) is 2.34. The van der Waals surface area contributed by atoms with Crippen LogP contribution in [0.2, 0.25) is 0 Å². The summed E-state index contributed by atoms with van der Waals surface area (Å²) >= 11 is 0. The highest BCUT2D eigenvalue weighted by atomic mass is 19.3. The normalized spacial score (nSPS) is 26.7. The maximum Gasteiger partial charge on any atom is 0.253 e. The van der Waals surface area contributed by atoms with E-state index < -0.39 is 11.8 Å². The number of nitrogens with one attached hydrogen (secondary N) is 1. The maximum atomic E-state index is 13.2. The number of imidazole rings is 1. The number of alkyl halides is 2. The molecule has 0 spiro atoms. The van der Waals surface area contributed by atoms with Crippen LogP contribution in [0, 0.1) is 5.92 Å². The molecule has 1 aliphatic heterocycles. The van der Waals surface area contributed by atoms with Crippen molar-refractivity contribution in [3.63, 3.8) is 0 Å². The molecule has 0 aliphatic carbocycles. The van der Waals surface area contributed by atoms with Gasteiger partial charge in [-0.3, -0.25) is 4.90 Å². The van der Waals surface area contributed by atoms with Gasteiger partial charge in [0.2, 0.25) is 0 Å². The van der Waals surface area contributed by atoms with Gasteiger partial charge >= 0.3 is 0 Å². The van der Waals surface area contributed by atoms with E-state index in [1.807, 2.05) is 4.90 Å². The topological polar surface area (TPSA) is 31.9 Å². The van der Waals surface area contributed by atoms with Crippen molar-refractivity contribution in [3.8, 4) is 0 Å². The molecule has 1 aromatic rings. The second-order valence-corrected chi connectivity index (χ2v) is 4.18. The van der Waals surface area contributed by atoms with Gasteiger partial charge in [0.05, 0.1) is 6.54 Å². The third-order valence-corrected chi connectivity index (χ3v) is 2.94. The average molecular weight is 215 g/mol. The van der Waals surface area contributed by atoms with Gasteiger partial charge in [0.15, 0.2) is 0 Å². The molecule has 15 heavy (non-hydrogen) atoms. The lowest BCUT2D eigenvalue weighted by Crippen LogP contribution is -2.45. The smallest absolute Gasteiger partial charge is 0.253 e. The Bertz CT molecular complexity index is 310. The van der Waals surface area contributed by atoms with E-state index in [2.05, 4.69) is 9.97 Å². The lowest BCUT2D eigenvalue weighted by Gasteiger charge is -2.36. The number of hydrogen-bond donors (Lipinski definition) is 1. The molecule has 1 fully saturated rings. The Morgan fingerprint density at radius 3 is 3.07 bits per heavy atom. The van der Waals surface area contributed by atoms with Crippen molar-refractivity contribution in [2.45, 2.75) is 25.8 Å². The molecule has 0 amide bonds. The van der Waals surface area contributed by atoms with Crippen LogP contribution in [0.1, 0.15) is 19.2 Å². The number of nitrogens with zero attached hydrogens (tertiary/aromatic N) is 2. The molecule has 1 aliphatic rings. The summed E-state index contributed by atoms with van der Waals surface area (Å²) in [6.45, 7) is 3.12. The average Bonchev–Trinajstić information content (AvgIpc) is 2.65. The minimum absolute atomic E-state index is 0.0468. The van der Waals surface area contributed by atoms with Crippen LogP contribution in [-0.2, 0) is 6.54 Å². The zero-order chi connectivity index (χ0) is 10.9. The van der Waals surface area contributed by atoms with Gasteiger partial charge in [-0.25, -0.2) is 13.8 Å². The van der Waals surface area contributed by atoms with Crippen LogP contribution in [0.3, 0.4) is 0 Å². The molecule has 0 saturated carbocycles. The van der Waals surface area contributed by atoms with Crippen molar-refractivity contribution in [2.24, 2.45) is 5.92 Å². The van der Waals surface area contributed by atoms with Crippen molar-refractivity contribution in [1.82, 2.24) is 14.9 Å². The zero-order valence-electron chi connectivity index (χ0n) is 8.71. The number of aromatic nitrogens is 2. The molecule has 3 nitrogen and oxygen atoms in total. The van der Waals surface area contributed by atoms with Crippen molar-refractivity contribution < 1.29 is 8.78 Å².